The summed E-state index contributed by atoms with van der Waals surface area (Å²) in [7, 11) is 0. The number of aliphatic imine (C=N–C) groups is 1. The number of isocyanates is 1. The minimum atomic E-state index is 0.178. The Kier molecular flexibility index (Phi) is 3.22. The van der Waals surface area contributed by atoms with Crippen molar-refractivity contribution in [3.8, 4) is 11.5 Å². The lowest BCUT2D eigenvalue weighted by Crippen LogP contribution is -2.15. The van der Waals surface area contributed by atoms with E-state index in [9.17, 15) is 4.79 Å². The SMILES string of the molecule is CC(CN=C=O)c1ccc2c(c1)OCCO2. The van der Waals surface area contributed by atoms with Crippen molar-refractivity contribution in [3.05, 3.63) is 23.8 Å². The highest BCUT2D eigenvalue weighted by Gasteiger charge is 2.14. The monoisotopic (exact) mass is 219 g/mol. The van der Waals surface area contributed by atoms with E-state index in [-0.39, 0.29) is 5.92 Å². The Morgan fingerprint density at radius 1 is 1.38 bits per heavy atom. The molecule has 0 fully saturated rings. The van der Waals surface area contributed by atoms with Crippen molar-refractivity contribution in [1.29, 1.82) is 0 Å². The second-order valence-electron chi connectivity index (χ2n) is 3.74. The van der Waals surface area contributed by atoms with Gasteiger partial charge in [-0.25, -0.2) is 9.79 Å². The molecule has 0 saturated carbocycles. The molecule has 4 nitrogen and oxygen atoms in total. The Balaban J connectivity index is 2.19. The summed E-state index contributed by atoms with van der Waals surface area (Å²) in [6, 6.07) is 5.81. The predicted octanol–water partition coefficient (Wildman–Crippen LogP) is 1.90. The van der Waals surface area contributed by atoms with Gasteiger partial charge in [-0.1, -0.05) is 13.0 Å². The van der Waals surface area contributed by atoms with Crippen LogP contribution in [0.2, 0.25) is 0 Å². The van der Waals surface area contributed by atoms with E-state index in [2.05, 4.69) is 4.99 Å². The first-order valence-corrected chi connectivity index (χ1v) is 5.24. The molecule has 4 heteroatoms. The summed E-state index contributed by atoms with van der Waals surface area (Å²) >= 11 is 0. The van der Waals surface area contributed by atoms with Crippen LogP contribution in [0.4, 0.5) is 0 Å². The van der Waals surface area contributed by atoms with E-state index in [0.717, 1.165) is 17.1 Å². The molecule has 1 aliphatic heterocycles. The molecule has 1 unspecified atom stereocenters. The third-order valence-corrected chi connectivity index (χ3v) is 2.56. The lowest BCUT2D eigenvalue weighted by Gasteiger charge is -2.20. The molecule has 1 aromatic carbocycles. The van der Waals surface area contributed by atoms with Crippen LogP contribution in [-0.2, 0) is 4.79 Å². The first-order chi connectivity index (χ1) is 7.81. The van der Waals surface area contributed by atoms with E-state index in [4.69, 9.17) is 9.47 Å². The number of carbonyl (C=O) groups excluding carboxylic acids is 1. The smallest absolute Gasteiger partial charge is 0.234 e. The molecule has 1 aliphatic rings. The number of rotatable bonds is 3. The summed E-state index contributed by atoms with van der Waals surface area (Å²) in [5, 5.41) is 0. The molecule has 0 bridgehead atoms. The Hall–Kier alpha value is -1.80. The second-order valence-corrected chi connectivity index (χ2v) is 3.74. The first-order valence-electron chi connectivity index (χ1n) is 5.24. The summed E-state index contributed by atoms with van der Waals surface area (Å²) in [5.41, 5.74) is 1.09. The Morgan fingerprint density at radius 3 is 2.88 bits per heavy atom. The summed E-state index contributed by atoms with van der Waals surface area (Å²) in [4.78, 5) is 13.6. The van der Waals surface area contributed by atoms with Crippen LogP contribution >= 0.6 is 0 Å². The fourth-order valence-electron chi connectivity index (χ4n) is 1.65. The molecular weight excluding hydrogens is 206 g/mol. The maximum Gasteiger partial charge on any atom is 0.234 e. The minimum absolute atomic E-state index is 0.178. The first kappa shape index (κ1) is 10.7. The van der Waals surface area contributed by atoms with Gasteiger partial charge in [0.05, 0.1) is 6.54 Å². The number of nitrogens with zero attached hydrogens (tertiary/aromatic N) is 1. The molecule has 1 aromatic rings. The van der Waals surface area contributed by atoms with E-state index in [1.807, 2.05) is 25.1 Å². The maximum atomic E-state index is 10.0. The van der Waals surface area contributed by atoms with Gasteiger partial charge in [-0.2, -0.15) is 0 Å². The van der Waals surface area contributed by atoms with Gasteiger partial charge in [0.2, 0.25) is 6.08 Å². The van der Waals surface area contributed by atoms with Crippen LogP contribution in [0.3, 0.4) is 0 Å². The molecule has 84 valence electrons. The molecule has 0 saturated heterocycles. The van der Waals surface area contributed by atoms with Crippen molar-refractivity contribution < 1.29 is 14.3 Å². The van der Waals surface area contributed by atoms with Crippen LogP contribution < -0.4 is 9.47 Å². The van der Waals surface area contributed by atoms with Gasteiger partial charge in [0, 0.05) is 5.92 Å². The highest BCUT2D eigenvalue weighted by molar-refractivity contribution is 5.45. The van der Waals surface area contributed by atoms with Gasteiger partial charge in [0.1, 0.15) is 13.2 Å². The lowest BCUT2D eigenvalue weighted by molar-refractivity contribution is 0.171. The Labute approximate surface area is 93.9 Å². The molecule has 0 spiro atoms. The molecule has 2 rings (SSSR count). The van der Waals surface area contributed by atoms with E-state index in [1.165, 1.54) is 0 Å². The number of hydrogen-bond acceptors (Lipinski definition) is 4. The zero-order valence-corrected chi connectivity index (χ0v) is 9.10. The molecule has 0 radical (unpaired) electrons. The summed E-state index contributed by atoms with van der Waals surface area (Å²) < 4.78 is 10.9. The van der Waals surface area contributed by atoms with Crippen LogP contribution in [-0.4, -0.2) is 25.8 Å². The van der Waals surface area contributed by atoms with Gasteiger partial charge in [0.15, 0.2) is 11.5 Å². The van der Waals surface area contributed by atoms with Crippen LogP contribution in [0.15, 0.2) is 23.2 Å². The molecule has 0 aliphatic carbocycles. The van der Waals surface area contributed by atoms with Gasteiger partial charge in [-0.05, 0) is 17.7 Å². The topological polar surface area (TPSA) is 47.9 Å². The van der Waals surface area contributed by atoms with E-state index >= 15 is 0 Å². The Bertz CT molecular complexity index is 424. The minimum Gasteiger partial charge on any atom is -0.486 e. The van der Waals surface area contributed by atoms with Gasteiger partial charge >= 0.3 is 0 Å². The fourth-order valence-corrected chi connectivity index (χ4v) is 1.65. The van der Waals surface area contributed by atoms with Crippen molar-refractivity contribution in [2.75, 3.05) is 19.8 Å². The summed E-state index contributed by atoms with van der Waals surface area (Å²) in [6.45, 7) is 3.63. The molecule has 0 N–H and O–H groups in total. The average Bonchev–Trinajstić information content (AvgIpc) is 2.35. The third-order valence-electron chi connectivity index (χ3n) is 2.56. The van der Waals surface area contributed by atoms with E-state index in [1.54, 1.807) is 6.08 Å². The number of hydrogen-bond donors (Lipinski definition) is 0. The van der Waals surface area contributed by atoms with Crippen molar-refractivity contribution >= 4 is 6.08 Å². The van der Waals surface area contributed by atoms with Crippen LogP contribution in [0.1, 0.15) is 18.4 Å². The van der Waals surface area contributed by atoms with E-state index < -0.39 is 0 Å². The molecule has 16 heavy (non-hydrogen) atoms. The molecule has 1 heterocycles. The van der Waals surface area contributed by atoms with Crippen molar-refractivity contribution in [1.82, 2.24) is 0 Å². The molecular formula is C12H13NO3. The average molecular weight is 219 g/mol. The van der Waals surface area contributed by atoms with Gasteiger partial charge in [0.25, 0.3) is 0 Å². The zero-order valence-electron chi connectivity index (χ0n) is 9.10. The predicted molar refractivity (Wildman–Crippen MR) is 58.8 cm³/mol. The quantitative estimate of drug-likeness (QED) is 0.576. The molecule has 0 aromatic heterocycles. The number of ether oxygens (including phenoxy) is 2. The third kappa shape index (κ3) is 2.23. The number of fused-ring (bicyclic) bond motifs is 1. The molecule has 1 atom stereocenters. The molecule has 0 amide bonds. The summed E-state index contributed by atoms with van der Waals surface area (Å²) in [6.07, 6.45) is 1.55. The highest BCUT2D eigenvalue weighted by atomic mass is 16.6. The second kappa shape index (κ2) is 4.81. The Morgan fingerprint density at radius 2 is 2.12 bits per heavy atom. The lowest BCUT2D eigenvalue weighted by atomic mass is 10.0. The van der Waals surface area contributed by atoms with Crippen molar-refractivity contribution in [2.24, 2.45) is 4.99 Å². The van der Waals surface area contributed by atoms with Crippen LogP contribution in [0.5, 0.6) is 11.5 Å². The normalized spacial score (nSPS) is 15.1. The summed E-state index contributed by atoms with van der Waals surface area (Å²) in [5.74, 6) is 1.73. The maximum absolute atomic E-state index is 10.0. The largest absolute Gasteiger partial charge is 0.486 e. The zero-order chi connectivity index (χ0) is 11.4. The number of benzene rings is 1. The van der Waals surface area contributed by atoms with Crippen LogP contribution in [0, 0.1) is 0 Å². The van der Waals surface area contributed by atoms with Gasteiger partial charge in [-0.15, -0.1) is 0 Å². The highest BCUT2D eigenvalue weighted by Crippen LogP contribution is 2.33. The van der Waals surface area contributed by atoms with E-state index in [0.29, 0.717) is 19.8 Å². The van der Waals surface area contributed by atoms with Crippen LogP contribution in [0.25, 0.3) is 0 Å². The standard InChI is InChI=1S/C12H13NO3/c1-9(7-13-8-14)10-2-3-11-12(6-10)16-5-4-15-11/h2-3,6,9H,4-5,7H2,1H3. The van der Waals surface area contributed by atoms with Gasteiger partial charge < -0.3 is 9.47 Å². The van der Waals surface area contributed by atoms with Crippen molar-refractivity contribution in [3.63, 3.8) is 0 Å². The van der Waals surface area contributed by atoms with Crippen molar-refractivity contribution in [2.45, 2.75) is 12.8 Å². The fraction of sp³-hybridized carbons (Fsp3) is 0.417. The van der Waals surface area contributed by atoms with Gasteiger partial charge in [-0.3, -0.25) is 0 Å².